The summed E-state index contributed by atoms with van der Waals surface area (Å²) in [6.45, 7) is 3.71. The predicted octanol–water partition coefficient (Wildman–Crippen LogP) is 1.47. The highest BCUT2D eigenvalue weighted by molar-refractivity contribution is 5.90. The Morgan fingerprint density at radius 1 is 1.29 bits per heavy atom. The lowest BCUT2D eigenvalue weighted by atomic mass is 9.97. The first-order valence-electron chi connectivity index (χ1n) is 10.4. The van der Waals surface area contributed by atoms with Crippen LogP contribution in [0.25, 0.3) is 0 Å². The zero-order chi connectivity index (χ0) is 22.2. The minimum absolute atomic E-state index is 0.108. The van der Waals surface area contributed by atoms with Gasteiger partial charge < -0.3 is 30.3 Å². The molecule has 3 atom stereocenters. The Bertz CT molecular complexity index is 853. The second-order valence-corrected chi connectivity index (χ2v) is 7.64. The van der Waals surface area contributed by atoms with Crippen molar-refractivity contribution < 1.29 is 24.0 Å². The molecule has 0 radical (unpaired) electrons. The lowest BCUT2D eigenvalue weighted by Gasteiger charge is -2.36. The van der Waals surface area contributed by atoms with E-state index in [0.29, 0.717) is 36.5 Å². The molecule has 168 valence electrons. The van der Waals surface area contributed by atoms with Crippen molar-refractivity contribution in [3.63, 3.8) is 0 Å². The largest absolute Gasteiger partial charge is 0.394 e. The molecule has 2 aromatic heterocycles. The van der Waals surface area contributed by atoms with Crippen LogP contribution in [0.5, 0.6) is 0 Å². The van der Waals surface area contributed by atoms with E-state index in [1.165, 1.54) is 0 Å². The van der Waals surface area contributed by atoms with Crippen molar-refractivity contribution in [3.8, 4) is 0 Å². The van der Waals surface area contributed by atoms with Crippen molar-refractivity contribution in [2.75, 3.05) is 18.5 Å². The molecule has 31 heavy (non-hydrogen) atoms. The van der Waals surface area contributed by atoms with E-state index in [1.807, 2.05) is 6.07 Å². The first kappa shape index (κ1) is 22.7. The topological polar surface area (TPSA) is 139 Å². The molecule has 3 heterocycles. The number of hydrogen-bond acceptors (Lipinski definition) is 7. The summed E-state index contributed by atoms with van der Waals surface area (Å²) in [6, 6.07) is 3.04. The number of aliphatic hydroxyl groups is 1. The van der Waals surface area contributed by atoms with Gasteiger partial charge >= 0.3 is 6.03 Å². The van der Waals surface area contributed by atoms with Gasteiger partial charge in [-0.15, -0.1) is 0 Å². The standard InChI is InChI=1S/C21H29N5O5/c1-13-20(14(2)31-26-13)25-21(29)23-9-7-16-5-6-17(18(12-27)30-16)24-19(28)10-15-4-3-8-22-11-15/h3-4,8,11,16-18,27H,5-7,9-10,12H2,1-2H3,(H,24,28)(H2,23,25,29)/t16-,17-,18+/m0/s1. The fourth-order valence-corrected chi connectivity index (χ4v) is 3.62. The maximum Gasteiger partial charge on any atom is 0.319 e. The van der Waals surface area contributed by atoms with E-state index < -0.39 is 6.10 Å². The van der Waals surface area contributed by atoms with Crippen molar-refractivity contribution in [2.45, 2.75) is 57.8 Å². The average Bonchev–Trinajstić information content (AvgIpc) is 3.07. The number of pyridine rings is 1. The van der Waals surface area contributed by atoms with E-state index >= 15 is 0 Å². The third kappa shape index (κ3) is 6.50. The van der Waals surface area contributed by atoms with Crippen molar-refractivity contribution in [1.82, 2.24) is 20.8 Å². The van der Waals surface area contributed by atoms with Gasteiger partial charge in [0.2, 0.25) is 5.91 Å². The van der Waals surface area contributed by atoms with Gasteiger partial charge in [0.25, 0.3) is 0 Å². The number of urea groups is 1. The number of amides is 3. The molecule has 0 saturated carbocycles. The highest BCUT2D eigenvalue weighted by atomic mass is 16.5. The van der Waals surface area contributed by atoms with Gasteiger partial charge in [-0.2, -0.15) is 0 Å². The van der Waals surface area contributed by atoms with E-state index in [2.05, 4.69) is 26.1 Å². The van der Waals surface area contributed by atoms with E-state index in [-0.39, 0.29) is 37.1 Å². The van der Waals surface area contributed by atoms with Crippen LogP contribution in [0.1, 0.15) is 36.3 Å². The third-order valence-corrected chi connectivity index (χ3v) is 5.25. The molecule has 10 nitrogen and oxygen atoms in total. The van der Waals surface area contributed by atoms with Crippen LogP contribution in [-0.2, 0) is 16.0 Å². The van der Waals surface area contributed by atoms with Crippen molar-refractivity contribution >= 4 is 17.6 Å². The fourth-order valence-electron chi connectivity index (χ4n) is 3.62. The number of rotatable bonds is 8. The van der Waals surface area contributed by atoms with E-state index in [9.17, 15) is 14.7 Å². The van der Waals surface area contributed by atoms with E-state index in [4.69, 9.17) is 9.26 Å². The number of hydrogen-bond donors (Lipinski definition) is 4. The molecule has 1 saturated heterocycles. The number of aryl methyl sites for hydroxylation is 2. The first-order valence-corrected chi connectivity index (χ1v) is 10.4. The van der Waals surface area contributed by atoms with Crippen LogP contribution in [-0.4, -0.2) is 58.6 Å². The Hall–Kier alpha value is -2.98. The summed E-state index contributed by atoms with van der Waals surface area (Å²) >= 11 is 0. The highest BCUT2D eigenvalue weighted by Gasteiger charge is 2.31. The van der Waals surface area contributed by atoms with Crippen LogP contribution < -0.4 is 16.0 Å². The molecular formula is C21H29N5O5. The number of ether oxygens (including phenoxy) is 1. The van der Waals surface area contributed by atoms with Gasteiger partial charge in [0, 0.05) is 18.9 Å². The number of nitrogens with zero attached hydrogens (tertiary/aromatic N) is 2. The lowest BCUT2D eigenvalue weighted by Crippen LogP contribution is -2.51. The Morgan fingerprint density at radius 3 is 2.81 bits per heavy atom. The number of nitrogens with one attached hydrogen (secondary N) is 3. The lowest BCUT2D eigenvalue weighted by molar-refractivity contribution is -0.127. The maximum absolute atomic E-state index is 12.3. The zero-order valence-corrected chi connectivity index (χ0v) is 17.8. The van der Waals surface area contributed by atoms with Crippen molar-refractivity contribution in [3.05, 3.63) is 41.5 Å². The molecule has 0 bridgehead atoms. The van der Waals surface area contributed by atoms with Gasteiger partial charge in [-0.05, 0) is 44.7 Å². The third-order valence-electron chi connectivity index (χ3n) is 5.25. The van der Waals surface area contributed by atoms with Crippen LogP contribution in [0.2, 0.25) is 0 Å². The summed E-state index contributed by atoms with van der Waals surface area (Å²) in [6.07, 6.45) is 4.98. The average molecular weight is 431 g/mol. The van der Waals surface area contributed by atoms with Crippen LogP contribution in [0.4, 0.5) is 10.5 Å². The molecule has 0 spiro atoms. The second kappa shape index (κ2) is 10.9. The summed E-state index contributed by atoms with van der Waals surface area (Å²) in [5.74, 6) is 0.418. The van der Waals surface area contributed by atoms with Crippen molar-refractivity contribution in [1.29, 1.82) is 0 Å². The molecule has 1 aliphatic rings. The van der Waals surface area contributed by atoms with Crippen LogP contribution in [0.3, 0.4) is 0 Å². The molecule has 10 heteroatoms. The Kier molecular flexibility index (Phi) is 7.96. The Morgan fingerprint density at radius 2 is 2.13 bits per heavy atom. The summed E-state index contributed by atoms with van der Waals surface area (Å²) in [5, 5.41) is 22.0. The first-order chi connectivity index (χ1) is 15.0. The van der Waals surface area contributed by atoms with Gasteiger partial charge in [-0.25, -0.2) is 4.79 Å². The maximum atomic E-state index is 12.3. The monoisotopic (exact) mass is 431 g/mol. The molecule has 1 fully saturated rings. The van der Waals surface area contributed by atoms with Crippen LogP contribution >= 0.6 is 0 Å². The molecule has 3 amide bonds. The SMILES string of the molecule is Cc1noc(C)c1NC(=O)NCC[C@@H]1CC[C@H](NC(=O)Cc2cccnc2)[C@@H](CO)O1. The molecule has 0 aliphatic carbocycles. The summed E-state index contributed by atoms with van der Waals surface area (Å²) in [7, 11) is 0. The van der Waals surface area contributed by atoms with E-state index in [0.717, 1.165) is 12.0 Å². The van der Waals surface area contributed by atoms with Gasteiger partial charge in [0.1, 0.15) is 17.5 Å². The minimum atomic E-state index is -0.479. The number of carbonyl (C=O) groups is 2. The number of carbonyl (C=O) groups excluding carboxylic acids is 2. The summed E-state index contributed by atoms with van der Waals surface area (Å²) in [5.41, 5.74) is 2.01. The number of aromatic nitrogens is 2. The molecule has 3 rings (SSSR count). The molecule has 1 aliphatic heterocycles. The fraction of sp³-hybridized carbons (Fsp3) is 0.524. The minimum Gasteiger partial charge on any atom is -0.394 e. The number of aliphatic hydroxyl groups excluding tert-OH is 1. The summed E-state index contributed by atoms with van der Waals surface area (Å²) < 4.78 is 11.0. The molecule has 2 aromatic rings. The molecule has 4 N–H and O–H groups in total. The van der Waals surface area contributed by atoms with Gasteiger partial charge in [0.15, 0.2) is 5.76 Å². The molecular weight excluding hydrogens is 402 g/mol. The number of anilines is 1. The smallest absolute Gasteiger partial charge is 0.319 e. The van der Waals surface area contributed by atoms with E-state index in [1.54, 1.807) is 32.3 Å². The zero-order valence-electron chi connectivity index (χ0n) is 17.8. The van der Waals surface area contributed by atoms with Crippen LogP contribution in [0.15, 0.2) is 29.0 Å². The van der Waals surface area contributed by atoms with Gasteiger partial charge in [0.05, 0.1) is 25.2 Å². The van der Waals surface area contributed by atoms with Crippen molar-refractivity contribution in [2.24, 2.45) is 0 Å². The quantitative estimate of drug-likeness (QED) is 0.496. The second-order valence-electron chi connectivity index (χ2n) is 7.64. The molecule has 0 unspecified atom stereocenters. The Labute approximate surface area is 180 Å². The normalized spacial score (nSPS) is 20.8. The molecule has 0 aromatic carbocycles. The van der Waals surface area contributed by atoms with Gasteiger partial charge in [-0.1, -0.05) is 11.2 Å². The van der Waals surface area contributed by atoms with Crippen LogP contribution in [0, 0.1) is 13.8 Å². The van der Waals surface area contributed by atoms with Gasteiger partial charge in [-0.3, -0.25) is 9.78 Å². The highest BCUT2D eigenvalue weighted by Crippen LogP contribution is 2.22. The predicted molar refractivity (Wildman–Crippen MR) is 112 cm³/mol. The summed E-state index contributed by atoms with van der Waals surface area (Å²) in [4.78, 5) is 28.4. The Balaban J connectivity index is 1.40.